The van der Waals surface area contributed by atoms with Crippen LogP contribution in [0.5, 0.6) is 0 Å². The Morgan fingerprint density at radius 3 is 2.22 bits per heavy atom. The van der Waals surface area contributed by atoms with E-state index in [2.05, 4.69) is 47.5 Å². The number of nitrogens with one attached hydrogen (secondary N) is 5. The van der Waals surface area contributed by atoms with E-state index in [0.29, 0.717) is 55.4 Å². The van der Waals surface area contributed by atoms with Gasteiger partial charge in [0.1, 0.15) is 0 Å². The number of carbonyl (C=O) groups is 3. The summed E-state index contributed by atoms with van der Waals surface area (Å²) in [6.45, 7) is 4.15. The van der Waals surface area contributed by atoms with Crippen LogP contribution in [-0.2, 0) is 11.2 Å². The minimum Gasteiger partial charge on any atom is -0.357 e. The number of anilines is 2. The second-order valence-electron chi connectivity index (χ2n) is 11.3. The first-order valence-electron chi connectivity index (χ1n) is 16.3. The van der Waals surface area contributed by atoms with Crippen molar-refractivity contribution in [2.24, 2.45) is 10.7 Å². The van der Waals surface area contributed by atoms with Crippen LogP contribution in [-0.4, -0.2) is 56.4 Å². The first kappa shape index (κ1) is 37.3. The van der Waals surface area contributed by atoms with Crippen molar-refractivity contribution in [3.8, 4) is 0 Å². The third kappa shape index (κ3) is 12.2. The smallest absolute Gasteiger partial charge is 0.255 e. The fraction of sp³-hybridized carbons (Fsp3) is 0.179. The monoisotopic (exact) mass is 735 g/mol. The molecule has 1 unspecified atom stereocenters. The third-order valence-corrected chi connectivity index (χ3v) is 7.82. The molecular formula is C39H42BrN7O3. The Kier molecular flexibility index (Phi) is 15.0. The first-order valence-corrected chi connectivity index (χ1v) is 17.1. The van der Waals surface area contributed by atoms with Gasteiger partial charge >= 0.3 is 0 Å². The number of halogens is 1. The van der Waals surface area contributed by atoms with Gasteiger partial charge in [0.05, 0.1) is 17.8 Å². The number of rotatable bonds is 13. The molecule has 10 nitrogen and oxygen atoms in total. The summed E-state index contributed by atoms with van der Waals surface area (Å²) >= 11 is 3.43. The van der Waals surface area contributed by atoms with E-state index in [1.807, 2.05) is 104 Å². The number of amides is 3. The molecule has 0 radical (unpaired) electrons. The summed E-state index contributed by atoms with van der Waals surface area (Å²) in [5.41, 5.74) is 8.94. The Bertz CT molecular complexity index is 1870. The van der Waals surface area contributed by atoms with Gasteiger partial charge in [0.15, 0.2) is 5.96 Å². The van der Waals surface area contributed by atoms with Crippen LogP contribution in [0.25, 0.3) is 10.8 Å². The average Bonchev–Trinajstić information content (AvgIpc) is 3.13. The van der Waals surface area contributed by atoms with E-state index in [4.69, 9.17) is 5.73 Å². The van der Waals surface area contributed by atoms with E-state index < -0.39 is 0 Å². The number of para-hydroxylation sites is 1. The lowest BCUT2D eigenvalue weighted by Gasteiger charge is -2.17. The van der Waals surface area contributed by atoms with Crippen LogP contribution in [0.1, 0.15) is 33.2 Å². The summed E-state index contributed by atoms with van der Waals surface area (Å²) in [5, 5.41) is 16.8. The summed E-state index contributed by atoms with van der Waals surface area (Å²) in [6, 6.07) is 38.4. The first-order chi connectivity index (χ1) is 24.4. The highest BCUT2D eigenvalue weighted by molar-refractivity contribution is 9.10. The molecule has 0 aliphatic carbocycles. The molecule has 0 aliphatic rings. The predicted molar refractivity (Wildman–Crippen MR) is 207 cm³/mol. The highest BCUT2D eigenvalue weighted by Crippen LogP contribution is 2.23. The summed E-state index contributed by atoms with van der Waals surface area (Å²) in [4.78, 5) is 40.4. The van der Waals surface area contributed by atoms with Crippen molar-refractivity contribution in [3.05, 3.63) is 142 Å². The number of hydrogen-bond donors (Lipinski definition) is 6. The van der Waals surface area contributed by atoms with E-state index in [9.17, 15) is 14.4 Å². The minimum atomic E-state index is -0.260. The molecule has 0 bridgehead atoms. The molecule has 5 rings (SSSR count). The Balaban J connectivity index is 0.000000266. The highest BCUT2D eigenvalue weighted by Gasteiger charge is 2.17. The number of fused-ring (bicyclic) bond motifs is 1. The molecule has 0 spiro atoms. The maximum absolute atomic E-state index is 13.0. The zero-order valence-electron chi connectivity index (χ0n) is 27.9. The fourth-order valence-corrected chi connectivity index (χ4v) is 5.31. The van der Waals surface area contributed by atoms with Crippen molar-refractivity contribution in [2.75, 3.05) is 36.8 Å². The summed E-state index contributed by atoms with van der Waals surface area (Å²) < 4.78 is 0.766. The van der Waals surface area contributed by atoms with Crippen molar-refractivity contribution in [1.29, 1.82) is 0 Å². The Morgan fingerprint density at radius 2 is 1.50 bits per heavy atom. The van der Waals surface area contributed by atoms with Gasteiger partial charge in [0.2, 0.25) is 6.41 Å². The number of carbonyl (C=O) groups excluding carboxylic acids is 3. The van der Waals surface area contributed by atoms with Crippen LogP contribution in [0.15, 0.2) is 131 Å². The topological polar surface area (TPSA) is 150 Å². The number of guanidine groups is 1. The highest BCUT2D eigenvalue weighted by atomic mass is 79.9. The number of nitrogens with two attached hydrogens (primary N) is 1. The zero-order chi connectivity index (χ0) is 35.6. The van der Waals surface area contributed by atoms with Crippen molar-refractivity contribution < 1.29 is 14.4 Å². The molecule has 0 saturated heterocycles. The van der Waals surface area contributed by atoms with Gasteiger partial charge in [0.25, 0.3) is 11.8 Å². The molecule has 0 saturated carbocycles. The van der Waals surface area contributed by atoms with Gasteiger partial charge in [0, 0.05) is 41.4 Å². The lowest BCUT2D eigenvalue weighted by Crippen LogP contribution is -2.36. The fourth-order valence-electron chi connectivity index (χ4n) is 4.94. The Morgan fingerprint density at radius 1 is 0.800 bits per heavy atom. The van der Waals surface area contributed by atoms with Gasteiger partial charge < -0.3 is 32.3 Å². The van der Waals surface area contributed by atoms with E-state index in [-0.39, 0.29) is 17.9 Å². The Hall–Kier alpha value is -5.52. The molecule has 0 fully saturated rings. The molecule has 0 aliphatic heterocycles. The van der Waals surface area contributed by atoms with Crippen LogP contribution in [0.4, 0.5) is 11.4 Å². The number of nitrogens with zero attached hydrogens (tertiary/aromatic N) is 1. The van der Waals surface area contributed by atoms with Crippen molar-refractivity contribution in [2.45, 2.75) is 19.4 Å². The van der Waals surface area contributed by atoms with Gasteiger partial charge in [-0.15, -0.1) is 0 Å². The lowest BCUT2D eigenvalue weighted by molar-refractivity contribution is -0.109. The molecule has 1 atom stereocenters. The SMILES string of the molecule is CC(Cc1ccccc1)NC(=O)c1cc(Br)ccc1NC(=O)c1ccc2ccccc2c1.NCCN=C(NCCNC=O)Nc1ccccc1. The zero-order valence-corrected chi connectivity index (χ0v) is 29.5. The number of benzene rings is 5. The van der Waals surface area contributed by atoms with Crippen molar-refractivity contribution in [1.82, 2.24) is 16.0 Å². The van der Waals surface area contributed by atoms with E-state index in [1.165, 1.54) is 0 Å². The van der Waals surface area contributed by atoms with Crippen molar-refractivity contribution in [3.63, 3.8) is 0 Å². The molecule has 5 aromatic rings. The van der Waals surface area contributed by atoms with E-state index >= 15 is 0 Å². The second kappa shape index (κ2) is 20.1. The van der Waals surface area contributed by atoms with Gasteiger partial charge in [-0.25, -0.2) is 0 Å². The number of hydrogen-bond acceptors (Lipinski definition) is 5. The van der Waals surface area contributed by atoms with Crippen LogP contribution in [0.2, 0.25) is 0 Å². The Labute approximate surface area is 301 Å². The van der Waals surface area contributed by atoms with Gasteiger partial charge in [-0.3, -0.25) is 19.4 Å². The third-order valence-electron chi connectivity index (χ3n) is 7.33. The van der Waals surface area contributed by atoms with Gasteiger partial charge in [-0.2, -0.15) is 0 Å². The second-order valence-corrected chi connectivity index (χ2v) is 12.2. The normalized spacial score (nSPS) is 11.4. The quantitative estimate of drug-likeness (QED) is 0.0380. The van der Waals surface area contributed by atoms with E-state index in [0.717, 1.165) is 32.9 Å². The standard InChI is InChI=1S/C27H23BrN2O2.C12H19N5O/c1-18(15-19-7-3-2-4-8-19)29-27(32)24-17-23(28)13-14-25(24)30-26(31)22-12-11-20-9-5-6-10-21(20)16-22;13-6-7-15-12(16-9-8-14-10-18)17-11-4-2-1-3-5-11/h2-14,16-18H,15H2,1H3,(H,29,32)(H,30,31);1-5,10H,6-9,13H2,(H,14,18)(H2,15,16,17). The largest absolute Gasteiger partial charge is 0.357 e. The predicted octanol–water partition coefficient (Wildman–Crippen LogP) is 5.96. The molecule has 0 aromatic heterocycles. The van der Waals surface area contributed by atoms with E-state index in [1.54, 1.807) is 24.3 Å². The van der Waals surface area contributed by atoms with Crippen LogP contribution in [0.3, 0.4) is 0 Å². The van der Waals surface area contributed by atoms with Crippen LogP contribution >= 0.6 is 15.9 Å². The summed E-state index contributed by atoms with van der Waals surface area (Å²) in [6.07, 6.45) is 1.39. The molecule has 258 valence electrons. The number of aliphatic imine (C=N–C) groups is 1. The molecule has 3 amide bonds. The maximum atomic E-state index is 13.0. The molecule has 11 heteroatoms. The maximum Gasteiger partial charge on any atom is 0.255 e. The van der Waals surface area contributed by atoms with Crippen LogP contribution in [0, 0.1) is 0 Å². The molecule has 7 N–H and O–H groups in total. The molecule has 50 heavy (non-hydrogen) atoms. The van der Waals surface area contributed by atoms with Crippen molar-refractivity contribution >= 4 is 62.3 Å². The van der Waals surface area contributed by atoms with Gasteiger partial charge in [-0.1, -0.05) is 94.8 Å². The molecular weight excluding hydrogens is 694 g/mol. The minimum absolute atomic E-state index is 0.0621. The lowest BCUT2D eigenvalue weighted by atomic mass is 10.1. The average molecular weight is 737 g/mol. The van der Waals surface area contributed by atoms with Gasteiger partial charge in [-0.05, 0) is 72.1 Å². The summed E-state index contributed by atoms with van der Waals surface area (Å²) in [5.74, 6) is 0.160. The molecule has 5 aromatic carbocycles. The molecule has 0 heterocycles. The summed E-state index contributed by atoms with van der Waals surface area (Å²) in [7, 11) is 0. The van der Waals surface area contributed by atoms with Crippen LogP contribution < -0.4 is 32.3 Å².